The number of carboxylic acid groups (broad SMARTS) is 1. The van der Waals surface area contributed by atoms with Crippen LogP contribution in [0.1, 0.15) is 66.9 Å². The molecule has 2 saturated heterocycles. The largest absolute Gasteiger partial charge is 0.487 e. The average molecular weight is 508 g/mol. The molecule has 1 spiro atoms. The number of aryl methyl sites for hydroxylation is 1. The lowest BCUT2D eigenvalue weighted by molar-refractivity contribution is -0.169. The van der Waals surface area contributed by atoms with Gasteiger partial charge in [0.2, 0.25) is 0 Å². The van der Waals surface area contributed by atoms with Gasteiger partial charge in [-0.15, -0.1) is 0 Å². The molecule has 2 fully saturated rings. The molecule has 1 N–H and O–H groups in total. The third-order valence-corrected chi connectivity index (χ3v) is 7.92. The van der Waals surface area contributed by atoms with Crippen molar-refractivity contribution < 1.29 is 37.3 Å². The molecule has 3 aliphatic rings. The molecule has 0 saturated carbocycles. The Balaban J connectivity index is 1.47. The van der Waals surface area contributed by atoms with Crippen LogP contribution in [0.15, 0.2) is 30.3 Å². The van der Waals surface area contributed by atoms with E-state index in [1.807, 2.05) is 31.2 Å². The number of likely N-dealkylation sites (tertiary alicyclic amines) is 1. The molecular formula is C25H28F3N3O5. The second-order valence-corrected chi connectivity index (χ2v) is 10.2. The first-order valence-corrected chi connectivity index (χ1v) is 12.0. The lowest BCUT2D eigenvalue weighted by atomic mass is 9.68. The summed E-state index contributed by atoms with van der Waals surface area (Å²) >= 11 is 0. The fourth-order valence-electron chi connectivity index (χ4n) is 6.10. The predicted octanol–water partition coefficient (Wildman–Crippen LogP) is 4.21. The van der Waals surface area contributed by atoms with E-state index in [4.69, 9.17) is 9.47 Å². The Bertz CT molecular complexity index is 1200. The van der Waals surface area contributed by atoms with Gasteiger partial charge in [0, 0.05) is 37.6 Å². The zero-order valence-corrected chi connectivity index (χ0v) is 20.0. The molecule has 1 aromatic carbocycles. The molecule has 194 valence electrons. The van der Waals surface area contributed by atoms with Gasteiger partial charge in [0.15, 0.2) is 5.69 Å². The van der Waals surface area contributed by atoms with Gasteiger partial charge in [0.05, 0.1) is 18.2 Å². The molecule has 11 heteroatoms. The van der Waals surface area contributed by atoms with Crippen LogP contribution in [-0.4, -0.2) is 56.0 Å². The van der Waals surface area contributed by atoms with E-state index in [1.54, 1.807) is 4.90 Å². The number of halogens is 3. The van der Waals surface area contributed by atoms with Gasteiger partial charge in [0.1, 0.15) is 17.0 Å². The van der Waals surface area contributed by atoms with E-state index in [1.165, 1.54) is 7.05 Å². The summed E-state index contributed by atoms with van der Waals surface area (Å²) in [5.74, 6) is -1.11. The molecule has 8 nitrogen and oxygen atoms in total. The number of para-hydroxylation sites is 1. The quantitative estimate of drug-likeness (QED) is 0.667. The summed E-state index contributed by atoms with van der Waals surface area (Å²) in [6.45, 7) is 2.48. The molecule has 1 amide bonds. The van der Waals surface area contributed by atoms with Crippen LogP contribution in [0.4, 0.5) is 13.2 Å². The van der Waals surface area contributed by atoms with Crippen LogP contribution in [0, 0.1) is 5.92 Å². The van der Waals surface area contributed by atoms with Crippen LogP contribution < -0.4 is 4.74 Å². The van der Waals surface area contributed by atoms with Crippen LogP contribution in [0.25, 0.3) is 0 Å². The highest BCUT2D eigenvalue weighted by Crippen LogP contribution is 2.55. The number of carbonyl (C=O) groups is 2. The Morgan fingerprint density at radius 3 is 2.72 bits per heavy atom. The van der Waals surface area contributed by atoms with Crippen molar-refractivity contribution in [2.75, 3.05) is 13.2 Å². The van der Waals surface area contributed by atoms with Crippen LogP contribution in [0.5, 0.6) is 5.75 Å². The van der Waals surface area contributed by atoms with Gasteiger partial charge >= 0.3 is 12.1 Å². The predicted molar refractivity (Wildman–Crippen MR) is 120 cm³/mol. The Morgan fingerprint density at radius 2 is 2.03 bits per heavy atom. The number of aliphatic carboxylic acids is 1. The Hall–Kier alpha value is -3.08. The van der Waals surface area contributed by atoms with Crippen molar-refractivity contribution in [3.05, 3.63) is 47.3 Å². The third kappa shape index (κ3) is 4.03. The lowest BCUT2D eigenvalue weighted by Gasteiger charge is -2.54. The van der Waals surface area contributed by atoms with Crippen molar-refractivity contribution in [3.8, 4) is 5.75 Å². The SMILES string of the molecule is Cn1nc(C(=O)N2CCC[C@]23CO[C@H]2c4ccccc4O[C@@](C)(CCC(=O)O)[C@@H]2C3)cc1C(F)(F)F. The average Bonchev–Trinajstić information content (AvgIpc) is 3.41. The van der Waals surface area contributed by atoms with Crippen molar-refractivity contribution in [2.45, 2.75) is 62.4 Å². The summed E-state index contributed by atoms with van der Waals surface area (Å²) in [4.78, 5) is 26.5. The normalized spacial score (nSPS) is 29.5. The summed E-state index contributed by atoms with van der Waals surface area (Å²) < 4.78 is 53.4. The van der Waals surface area contributed by atoms with E-state index in [0.717, 1.165) is 11.6 Å². The number of benzene rings is 1. The smallest absolute Gasteiger partial charge is 0.433 e. The Kier molecular flexibility index (Phi) is 5.81. The molecule has 2 aromatic rings. The zero-order chi connectivity index (χ0) is 25.9. The second-order valence-electron chi connectivity index (χ2n) is 10.2. The fourth-order valence-corrected chi connectivity index (χ4v) is 6.10. The molecule has 5 rings (SSSR count). The van der Waals surface area contributed by atoms with Crippen LogP contribution in [-0.2, 0) is 22.8 Å². The number of hydrogen-bond acceptors (Lipinski definition) is 5. The maximum absolute atomic E-state index is 13.5. The van der Waals surface area contributed by atoms with Crippen molar-refractivity contribution in [1.29, 1.82) is 0 Å². The van der Waals surface area contributed by atoms with E-state index in [0.29, 0.717) is 36.2 Å². The number of carboxylic acids is 1. The number of aromatic nitrogens is 2. The van der Waals surface area contributed by atoms with E-state index < -0.39 is 34.9 Å². The third-order valence-electron chi connectivity index (χ3n) is 7.92. The molecule has 0 aliphatic carbocycles. The van der Waals surface area contributed by atoms with Crippen molar-refractivity contribution >= 4 is 11.9 Å². The van der Waals surface area contributed by atoms with Crippen LogP contribution in [0.3, 0.4) is 0 Å². The Morgan fingerprint density at radius 1 is 1.28 bits per heavy atom. The highest BCUT2D eigenvalue weighted by Gasteiger charge is 2.57. The molecule has 4 atom stereocenters. The number of hydrogen-bond donors (Lipinski definition) is 1. The van der Waals surface area contributed by atoms with Crippen molar-refractivity contribution in [1.82, 2.24) is 14.7 Å². The van der Waals surface area contributed by atoms with Crippen LogP contribution >= 0.6 is 0 Å². The minimum absolute atomic E-state index is 0.0916. The summed E-state index contributed by atoms with van der Waals surface area (Å²) in [6.07, 6.45) is -3.03. The first kappa shape index (κ1) is 24.6. The van der Waals surface area contributed by atoms with E-state index >= 15 is 0 Å². The van der Waals surface area contributed by atoms with Gasteiger partial charge in [-0.25, -0.2) is 0 Å². The maximum Gasteiger partial charge on any atom is 0.433 e. The van der Waals surface area contributed by atoms with Gasteiger partial charge < -0.3 is 19.5 Å². The monoisotopic (exact) mass is 507 g/mol. The van der Waals surface area contributed by atoms with Gasteiger partial charge in [-0.1, -0.05) is 18.2 Å². The van der Waals surface area contributed by atoms with Crippen molar-refractivity contribution in [2.24, 2.45) is 13.0 Å². The van der Waals surface area contributed by atoms with E-state index in [9.17, 15) is 27.9 Å². The maximum atomic E-state index is 13.5. The Labute approximate surface area is 206 Å². The van der Waals surface area contributed by atoms with Gasteiger partial charge in [-0.3, -0.25) is 14.3 Å². The first-order valence-electron chi connectivity index (χ1n) is 12.0. The topological polar surface area (TPSA) is 93.9 Å². The molecule has 3 aliphatic heterocycles. The molecule has 0 unspecified atom stereocenters. The van der Waals surface area contributed by atoms with E-state index in [-0.39, 0.29) is 37.2 Å². The summed E-state index contributed by atoms with van der Waals surface area (Å²) in [7, 11) is 1.17. The minimum atomic E-state index is -4.62. The minimum Gasteiger partial charge on any atom is -0.487 e. The van der Waals surface area contributed by atoms with Gasteiger partial charge in [0.25, 0.3) is 5.91 Å². The van der Waals surface area contributed by atoms with E-state index in [2.05, 4.69) is 5.10 Å². The number of alkyl halides is 3. The number of rotatable bonds is 4. The second kappa shape index (κ2) is 8.50. The molecule has 0 radical (unpaired) electrons. The van der Waals surface area contributed by atoms with Crippen molar-refractivity contribution in [3.63, 3.8) is 0 Å². The number of nitrogens with zero attached hydrogens (tertiary/aromatic N) is 3. The fraction of sp³-hybridized carbons (Fsp3) is 0.560. The standard InChI is InChI=1S/C25H28F3N3O5/c1-23(10-8-20(32)33)16-13-24(14-35-21(16)15-6-3-4-7-18(15)36-23)9-5-11-31(24)22(34)17-12-19(25(26,27)28)30(2)29-17/h3-4,6-7,12,16,21H,5,8-11,13-14H2,1-2H3,(H,32,33)/t16-,21+,23+,24+/m1/s1. The summed E-state index contributed by atoms with van der Waals surface area (Å²) in [6, 6.07) is 8.28. The highest BCUT2D eigenvalue weighted by atomic mass is 19.4. The van der Waals surface area contributed by atoms with Gasteiger partial charge in [-0.05, 0) is 38.7 Å². The van der Waals surface area contributed by atoms with Crippen LogP contribution in [0.2, 0.25) is 0 Å². The molecule has 4 heterocycles. The highest BCUT2D eigenvalue weighted by molar-refractivity contribution is 5.93. The molecule has 1 aromatic heterocycles. The molecular weight excluding hydrogens is 479 g/mol. The number of ether oxygens (including phenoxy) is 2. The zero-order valence-electron chi connectivity index (χ0n) is 20.0. The number of fused-ring (bicyclic) bond motifs is 3. The number of carbonyl (C=O) groups excluding carboxylic acids is 1. The summed E-state index contributed by atoms with van der Waals surface area (Å²) in [5, 5.41) is 13.2. The summed E-state index contributed by atoms with van der Waals surface area (Å²) in [5.41, 5.74) is -1.98. The molecule has 0 bridgehead atoms. The van der Waals surface area contributed by atoms with Gasteiger partial charge in [-0.2, -0.15) is 18.3 Å². The number of amides is 1. The molecule has 36 heavy (non-hydrogen) atoms. The lowest BCUT2D eigenvalue weighted by Crippen LogP contribution is -2.60. The first-order chi connectivity index (χ1) is 16.9.